The number of piperidine rings is 1. The van der Waals surface area contributed by atoms with Crippen molar-refractivity contribution in [3.63, 3.8) is 0 Å². The summed E-state index contributed by atoms with van der Waals surface area (Å²) in [6, 6.07) is 4.62. The molecular weight excluding hydrogens is 434 g/mol. The zero-order valence-corrected chi connectivity index (χ0v) is 23.5. The quantitative estimate of drug-likeness (QED) is 0.533. The molecule has 0 aromatic heterocycles. The molecule has 1 unspecified atom stereocenters. The van der Waals surface area contributed by atoms with Gasteiger partial charge in [0.05, 0.1) is 11.2 Å². The molecule has 0 radical (unpaired) electrons. The molecule has 1 saturated heterocycles. The van der Waals surface area contributed by atoms with Crippen molar-refractivity contribution in [1.82, 2.24) is 4.90 Å². The molecule has 0 amide bonds. The van der Waals surface area contributed by atoms with E-state index < -0.39 is 11.2 Å². The summed E-state index contributed by atoms with van der Waals surface area (Å²) in [5.74, 6) is 0.725. The number of methoxy groups -OCH3 is 1. The fourth-order valence-corrected chi connectivity index (χ4v) is 9.67. The Morgan fingerprint density at radius 3 is 2.46 bits per heavy atom. The third kappa shape index (κ3) is 2.97. The maximum absolute atomic E-state index is 12.3. The number of phenols is 1. The molecule has 2 bridgehead atoms. The highest BCUT2D eigenvalue weighted by molar-refractivity contribution is 5.59. The van der Waals surface area contributed by atoms with Crippen molar-refractivity contribution in [1.29, 1.82) is 0 Å². The molecule has 2 N–H and O–H groups in total. The second-order valence-electron chi connectivity index (χ2n) is 13.8. The number of rotatable bonds is 6. The van der Waals surface area contributed by atoms with Crippen LogP contribution in [0.5, 0.6) is 5.75 Å². The first-order valence-corrected chi connectivity index (χ1v) is 14.2. The predicted octanol–water partition coefficient (Wildman–Crippen LogP) is 5.85. The highest BCUT2D eigenvalue weighted by Crippen LogP contribution is 2.74. The fraction of sp³-hybridized carbons (Fsp3) is 0.806. The van der Waals surface area contributed by atoms with Gasteiger partial charge in [-0.05, 0) is 92.1 Å². The second kappa shape index (κ2) is 7.95. The normalized spacial score (nSPS) is 39.9. The SMILES string of the molecule is CCCCN1CC[C@]23c4c5ccc(O)c4C[C@H]2C(CC)(OC)[C@@H]([C@](C)(O)C(C)(C)C)C[C@]3(C)[C@H]1C5. The minimum Gasteiger partial charge on any atom is -0.508 e. The van der Waals surface area contributed by atoms with Crippen LogP contribution in [0.2, 0.25) is 0 Å². The first kappa shape index (κ1) is 25.5. The molecule has 7 atom stereocenters. The third-order valence-corrected chi connectivity index (χ3v) is 12.0. The first-order chi connectivity index (χ1) is 16.4. The molecule has 2 fully saturated rings. The zero-order chi connectivity index (χ0) is 25.6. The smallest absolute Gasteiger partial charge is 0.119 e. The van der Waals surface area contributed by atoms with Crippen molar-refractivity contribution in [2.75, 3.05) is 20.2 Å². The third-order valence-electron chi connectivity index (χ3n) is 12.0. The number of ether oxygens (including phenoxy) is 1. The van der Waals surface area contributed by atoms with Gasteiger partial charge in [0.1, 0.15) is 5.75 Å². The summed E-state index contributed by atoms with van der Waals surface area (Å²) < 4.78 is 6.69. The van der Waals surface area contributed by atoms with Crippen LogP contribution in [0, 0.1) is 22.7 Å². The van der Waals surface area contributed by atoms with E-state index in [1.165, 1.54) is 29.5 Å². The van der Waals surface area contributed by atoms with E-state index in [1.807, 2.05) is 13.2 Å². The van der Waals surface area contributed by atoms with Gasteiger partial charge in [0.25, 0.3) is 0 Å². The Hall–Kier alpha value is -1.10. The Bertz CT molecular complexity index is 990. The number of aliphatic hydroxyl groups is 1. The minimum atomic E-state index is -0.886. The molecule has 4 aliphatic rings. The van der Waals surface area contributed by atoms with Crippen LogP contribution in [0.25, 0.3) is 0 Å². The lowest BCUT2D eigenvalue weighted by Gasteiger charge is -2.72. The van der Waals surface area contributed by atoms with Crippen LogP contribution in [0.4, 0.5) is 0 Å². The number of phenolic OH excluding ortho intramolecular Hbond substituents is 1. The van der Waals surface area contributed by atoms with Gasteiger partial charge in [0.15, 0.2) is 0 Å². The van der Waals surface area contributed by atoms with Gasteiger partial charge in [0, 0.05) is 30.4 Å². The number of benzene rings is 1. The van der Waals surface area contributed by atoms with E-state index in [9.17, 15) is 10.2 Å². The van der Waals surface area contributed by atoms with Crippen LogP contribution in [0.15, 0.2) is 12.1 Å². The molecule has 35 heavy (non-hydrogen) atoms. The summed E-state index contributed by atoms with van der Waals surface area (Å²) in [6.07, 6.45) is 7.29. The largest absolute Gasteiger partial charge is 0.508 e. The van der Waals surface area contributed by atoms with Gasteiger partial charge in [-0.2, -0.15) is 0 Å². The van der Waals surface area contributed by atoms with E-state index in [0.29, 0.717) is 11.8 Å². The first-order valence-electron chi connectivity index (χ1n) is 14.2. The summed E-state index contributed by atoms with van der Waals surface area (Å²) >= 11 is 0. The molecular formula is C31H49NO3. The lowest BCUT2D eigenvalue weighted by Crippen LogP contribution is -2.77. The Morgan fingerprint density at radius 1 is 1.14 bits per heavy atom. The maximum Gasteiger partial charge on any atom is 0.119 e. The van der Waals surface area contributed by atoms with Crippen molar-refractivity contribution >= 4 is 0 Å². The molecule has 4 nitrogen and oxygen atoms in total. The van der Waals surface area contributed by atoms with E-state index in [4.69, 9.17) is 4.74 Å². The minimum absolute atomic E-state index is 0.0137. The molecule has 3 aliphatic carbocycles. The van der Waals surface area contributed by atoms with Gasteiger partial charge in [0.2, 0.25) is 0 Å². The molecule has 196 valence electrons. The van der Waals surface area contributed by atoms with E-state index in [-0.39, 0.29) is 28.1 Å². The summed E-state index contributed by atoms with van der Waals surface area (Å²) in [7, 11) is 1.88. The summed E-state index contributed by atoms with van der Waals surface area (Å²) in [4.78, 5) is 2.79. The van der Waals surface area contributed by atoms with Gasteiger partial charge >= 0.3 is 0 Å². The number of unbranched alkanes of at least 4 members (excludes halogenated alkanes) is 1. The molecule has 1 saturated carbocycles. The molecule has 1 aliphatic heterocycles. The number of aromatic hydroxyl groups is 1. The standard InChI is InChI=1S/C31H49NO3/c1-9-11-15-32-16-14-30-23-18-21-22(33)13-12-20(26(21)30)17-25(32)28(30,6)19-24(31(23,10-2)35-8)29(7,34)27(3,4)5/h12-13,23-25,33-34H,9-11,14-19H2,1-8H3/t23-,24-,25-,28-,29+,30-,31?/m1/s1. The summed E-state index contributed by atoms with van der Waals surface area (Å²) in [6.45, 7) is 18.0. The van der Waals surface area contributed by atoms with Crippen LogP contribution < -0.4 is 0 Å². The number of nitrogens with zero attached hydrogens (tertiary/aromatic N) is 1. The number of hydrogen-bond acceptors (Lipinski definition) is 4. The number of likely N-dealkylation sites (tertiary alicyclic amines) is 1. The summed E-state index contributed by atoms with van der Waals surface area (Å²) in [5.41, 5.74) is 2.49. The van der Waals surface area contributed by atoms with E-state index in [0.717, 1.165) is 45.2 Å². The lowest BCUT2D eigenvalue weighted by atomic mass is 9.37. The van der Waals surface area contributed by atoms with Crippen molar-refractivity contribution < 1.29 is 14.9 Å². The van der Waals surface area contributed by atoms with E-state index >= 15 is 0 Å². The van der Waals surface area contributed by atoms with Crippen LogP contribution >= 0.6 is 0 Å². The fourth-order valence-electron chi connectivity index (χ4n) is 9.67. The average molecular weight is 484 g/mol. The van der Waals surface area contributed by atoms with Crippen molar-refractivity contribution in [2.45, 2.75) is 116 Å². The Morgan fingerprint density at radius 2 is 1.86 bits per heavy atom. The van der Waals surface area contributed by atoms with E-state index in [2.05, 4.69) is 59.4 Å². The Balaban J connectivity index is 1.78. The lowest BCUT2D eigenvalue weighted by molar-refractivity contribution is -0.270. The van der Waals surface area contributed by atoms with Gasteiger partial charge in [-0.1, -0.05) is 54.0 Å². The zero-order valence-electron chi connectivity index (χ0n) is 23.5. The molecule has 1 heterocycles. The van der Waals surface area contributed by atoms with Crippen LogP contribution in [-0.2, 0) is 23.0 Å². The van der Waals surface area contributed by atoms with Gasteiger partial charge < -0.3 is 14.9 Å². The van der Waals surface area contributed by atoms with Gasteiger partial charge in [-0.3, -0.25) is 4.90 Å². The van der Waals surface area contributed by atoms with Crippen molar-refractivity contribution in [2.24, 2.45) is 22.7 Å². The average Bonchev–Trinajstić information content (AvgIpc) is 3.15. The topological polar surface area (TPSA) is 52.9 Å². The molecule has 1 spiro atoms. The summed E-state index contributed by atoms with van der Waals surface area (Å²) in [5, 5.41) is 23.5. The highest BCUT2D eigenvalue weighted by atomic mass is 16.5. The molecule has 5 rings (SSSR count). The van der Waals surface area contributed by atoms with Gasteiger partial charge in [-0.25, -0.2) is 0 Å². The molecule has 1 aromatic carbocycles. The van der Waals surface area contributed by atoms with Crippen molar-refractivity contribution in [3.05, 3.63) is 28.8 Å². The molecule has 4 heteroatoms. The Kier molecular flexibility index (Phi) is 5.80. The van der Waals surface area contributed by atoms with Gasteiger partial charge in [-0.15, -0.1) is 0 Å². The second-order valence-corrected chi connectivity index (χ2v) is 13.8. The predicted molar refractivity (Wildman–Crippen MR) is 142 cm³/mol. The van der Waals surface area contributed by atoms with E-state index in [1.54, 1.807) is 0 Å². The van der Waals surface area contributed by atoms with Crippen LogP contribution in [-0.4, -0.2) is 52.6 Å². The number of hydrogen-bond donors (Lipinski definition) is 2. The molecule has 1 aromatic rings. The van der Waals surface area contributed by atoms with Crippen LogP contribution in [0.3, 0.4) is 0 Å². The highest BCUT2D eigenvalue weighted by Gasteiger charge is 2.76. The maximum atomic E-state index is 12.3. The van der Waals surface area contributed by atoms with Crippen LogP contribution in [0.1, 0.15) is 97.3 Å². The Labute approximate surface area is 213 Å². The van der Waals surface area contributed by atoms with Crippen molar-refractivity contribution in [3.8, 4) is 5.75 Å². The monoisotopic (exact) mass is 483 g/mol.